The van der Waals surface area contributed by atoms with E-state index >= 15 is 0 Å². The second-order valence-corrected chi connectivity index (χ2v) is 5.56. The van der Waals surface area contributed by atoms with Crippen LogP contribution < -0.4 is 11.3 Å². The van der Waals surface area contributed by atoms with Gasteiger partial charge in [0.05, 0.1) is 0 Å². The molecule has 1 heterocycles. The van der Waals surface area contributed by atoms with Crippen LogP contribution in [0.25, 0.3) is 0 Å². The van der Waals surface area contributed by atoms with Gasteiger partial charge in [-0.3, -0.25) is 11.3 Å². The number of hydrogen-bond donors (Lipinski definition) is 2. The molecular formula is C13H24N2S. The van der Waals surface area contributed by atoms with Crippen LogP contribution in [0.3, 0.4) is 0 Å². The van der Waals surface area contributed by atoms with Crippen LogP contribution >= 0.6 is 11.3 Å². The molecule has 0 saturated carbocycles. The molecular weight excluding hydrogens is 216 g/mol. The Bertz CT molecular complexity index is 296. The monoisotopic (exact) mass is 240 g/mol. The van der Waals surface area contributed by atoms with E-state index in [4.69, 9.17) is 5.84 Å². The van der Waals surface area contributed by atoms with E-state index in [2.05, 4.69) is 37.6 Å². The molecule has 0 aliphatic carbocycles. The Balaban J connectivity index is 2.70. The van der Waals surface area contributed by atoms with Gasteiger partial charge >= 0.3 is 0 Å². The fourth-order valence-corrected chi connectivity index (χ4v) is 2.94. The van der Waals surface area contributed by atoms with Gasteiger partial charge in [0.2, 0.25) is 0 Å². The zero-order chi connectivity index (χ0) is 12.0. The van der Waals surface area contributed by atoms with Crippen LogP contribution in [0.4, 0.5) is 0 Å². The third-order valence-corrected chi connectivity index (χ3v) is 4.09. The molecule has 92 valence electrons. The summed E-state index contributed by atoms with van der Waals surface area (Å²) < 4.78 is 0. The molecule has 0 radical (unpaired) electrons. The van der Waals surface area contributed by atoms with Crippen LogP contribution in [-0.2, 0) is 0 Å². The van der Waals surface area contributed by atoms with Crippen LogP contribution in [0, 0.1) is 12.8 Å². The Labute approximate surface area is 103 Å². The lowest BCUT2D eigenvalue weighted by Crippen LogP contribution is -2.33. The molecule has 0 spiro atoms. The maximum absolute atomic E-state index is 5.72. The van der Waals surface area contributed by atoms with Gasteiger partial charge in [0.15, 0.2) is 0 Å². The molecule has 1 aromatic heterocycles. The van der Waals surface area contributed by atoms with E-state index in [1.54, 1.807) is 11.3 Å². The average Bonchev–Trinajstić information content (AvgIpc) is 2.70. The first kappa shape index (κ1) is 13.7. The minimum atomic E-state index is 0.321. The Hall–Kier alpha value is -0.380. The highest BCUT2D eigenvalue weighted by Crippen LogP contribution is 2.30. The summed E-state index contributed by atoms with van der Waals surface area (Å²) >= 11 is 1.80. The first-order valence-electron chi connectivity index (χ1n) is 6.24. The van der Waals surface area contributed by atoms with Gasteiger partial charge in [0.25, 0.3) is 0 Å². The van der Waals surface area contributed by atoms with E-state index in [1.807, 2.05) is 0 Å². The maximum Gasteiger partial charge on any atom is 0.0496 e. The molecule has 16 heavy (non-hydrogen) atoms. The number of aryl methyl sites for hydroxylation is 1. The van der Waals surface area contributed by atoms with Crippen LogP contribution in [0.1, 0.15) is 56.0 Å². The summed E-state index contributed by atoms with van der Waals surface area (Å²) in [4.78, 5) is 1.36. The standard InChI is InChI=1S/C13H24N2S/c1-4-6-7-11(5-2)13(15-14)12-8-10(3)16-9-12/h8-9,11,13,15H,4-7,14H2,1-3H3. The molecule has 1 rings (SSSR count). The van der Waals surface area contributed by atoms with Crippen LogP contribution in [0.5, 0.6) is 0 Å². The molecule has 3 heteroatoms. The summed E-state index contributed by atoms with van der Waals surface area (Å²) in [5.41, 5.74) is 4.35. The fourth-order valence-electron chi connectivity index (χ4n) is 2.20. The van der Waals surface area contributed by atoms with Crippen LogP contribution in [0.2, 0.25) is 0 Å². The van der Waals surface area contributed by atoms with Gasteiger partial charge in [-0.15, -0.1) is 11.3 Å². The van der Waals surface area contributed by atoms with Crippen molar-refractivity contribution in [2.24, 2.45) is 11.8 Å². The summed E-state index contributed by atoms with van der Waals surface area (Å²) in [5, 5.41) is 2.23. The molecule has 2 atom stereocenters. The number of thiophene rings is 1. The van der Waals surface area contributed by atoms with Gasteiger partial charge in [0, 0.05) is 10.9 Å². The van der Waals surface area contributed by atoms with Crippen molar-refractivity contribution in [3.05, 3.63) is 21.9 Å². The van der Waals surface area contributed by atoms with Crippen molar-refractivity contribution in [3.8, 4) is 0 Å². The van der Waals surface area contributed by atoms with Crippen molar-refractivity contribution < 1.29 is 0 Å². The SMILES string of the molecule is CCCCC(CC)C(NN)c1csc(C)c1. The highest BCUT2D eigenvalue weighted by molar-refractivity contribution is 7.10. The smallest absolute Gasteiger partial charge is 0.0496 e. The Morgan fingerprint density at radius 1 is 1.44 bits per heavy atom. The summed E-state index contributed by atoms with van der Waals surface area (Å²) in [6, 6.07) is 2.57. The molecule has 1 aromatic rings. The molecule has 3 N–H and O–H groups in total. The Morgan fingerprint density at radius 2 is 2.19 bits per heavy atom. The van der Waals surface area contributed by atoms with Gasteiger partial charge < -0.3 is 0 Å². The third kappa shape index (κ3) is 3.58. The van der Waals surface area contributed by atoms with E-state index in [1.165, 1.54) is 36.1 Å². The van der Waals surface area contributed by atoms with E-state index in [0.717, 1.165) is 0 Å². The second-order valence-electron chi connectivity index (χ2n) is 4.45. The quantitative estimate of drug-likeness (QED) is 0.562. The Morgan fingerprint density at radius 3 is 2.62 bits per heavy atom. The molecule has 0 amide bonds. The minimum absolute atomic E-state index is 0.321. The minimum Gasteiger partial charge on any atom is -0.271 e. The van der Waals surface area contributed by atoms with Gasteiger partial charge in [-0.05, 0) is 36.3 Å². The molecule has 2 unspecified atom stereocenters. The largest absolute Gasteiger partial charge is 0.271 e. The Kier molecular flexibility index (Phi) is 6.03. The van der Waals surface area contributed by atoms with Crippen LogP contribution in [0.15, 0.2) is 11.4 Å². The zero-order valence-electron chi connectivity index (χ0n) is 10.6. The van der Waals surface area contributed by atoms with Gasteiger partial charge in [0.1, 0.15) is 0 Å². The lowest BCUT2D eigenvalue weighted by Gasteiger charge is -2.25. The molecule has 0 bridgehead atoms. The third-order valence-electron chi connectivity index (χ3n) is 3.21. The number of nitrogens with two attached hydrogens (primary N) is 1. The average molecular weight is 240 g/mol. The predicted molar refractivity (Wildman–Crippen MR) is 72.4 cm³/mol. The number of unbranched alkanes of at least 4 members (excludes halogenated alkanes) is 1. The van der Waals surface area contributed by atoms with Gasteiger partial charge in [-0.2, -0.15) is 0 Å². The van der Waals surface area contributed by atoms with Crippen molar-refractivity contribution in [3.63, 3.8) is 0 Å². The summed E-state index contributed by atoms with van der Waals surface area (Å²) in [5.74, 6) is 6.37. The molecule has 0 saturated heterocycles. The van der Waals surface area contributed by atoms with E-state index in [-0.39, 0.29) is 0 Å². The summed E-state index contributed by atoms with van der Waals surface area (Å²) in [6.45, 7) is 6.64. The number of hydrazine groups is 1. The predicted octanol–water partition coefficient (Wildman–Crippen LogP) is 3.78. The molecule has 0 aliphatic heterocycles. The van der Waals surface area contributed by atoms with Crippen molar-refractivity contribution in [2.45, 2.75) is 52.5 Å². The molecule has 0 aliphatic rings. The molecule has 0 fully saturated rings. The number of nitrogens with one attached hydrogen (secondary N) is 1. The first-order chi connectivity index (χ1) is 7.72. The fraction of sp³-hybridized carbons (Fsp3) is 0.692. The topological polar surface area (TPSA) is 38.0 Å². The number of hydrogen-bond acceptors (Lipinski definition) is 3. The van der Waals surface area contributed by atoms with Crippen molar-refractivity contribution in [1.29, 1.82) is 0 Å². The lowest BCUT2D eigenvalue weighted by atomic mass is 9.88. The lowest BCUT2D eigenvalue weighted by molar-refractivity contribution is 0.327. The summed E-state index contributed by atoms with van der Waals surface area (Å²) in [7, 11) is 0. The van der Waals surface area contributed by atoms with Crippen molar-refractivity contribution in [2.75, 3.05) is 0 Å². The summed E-state index contributed by atoms with van der Waals surface area (Å²) in [6.07, 6.45) is 5.00. The van der Waals surface area contributed by atoms with Gasteiger partial charge in [-0.25, -0.2) is 0 Å². The second kappa shape index (κ2) is 7.05. The van der Waals surface area contributed by atoms with Crippen molar-refractivity contribution >= 4 is 11.3 Å². The van der Waals surface area contributed by atoms with E-state index in [9.17, 15) is 0 Å². The van der Waals surface area contributed by atoms with Crippen LogP contribution in [-0.4, -0.2) is 0 Å². The molecule has 2 nitrogen and oxygen atoms in total. The first-order valence-corrected chi connectivity index (χ1v) is 7.12. The normalized spacial score (nSPS) is 15.0. The van der Waals surface area contributed by atoms with E-state index in [0.29, 0.717) is 12.0 Å². The van der Waals surface area contributed by atoms with Crippen molar-refractivity contribution in [1.82, 2.24) is 5.43 Å². The van der Waals surface area contributed by atoms with E-state index < -0.39 is 0 Å². The number of rotatable bonds is 7. The highest BCUT2D eigenvalue weighted by Gasteiger charge is 2.20. The van der Waals surface area contributed by atoms with Gasteiger partial charge in [-0.1, -0.05) is 33.1 Å². The zero-order valence-corrected chi connectivity index (χ0v) is 11.4. The maximum atomic E-state index is 5.72. The molecule has 0 aromatic carbocycles. The highest BCUT2D eigenvalue weighted by atomic mass is 32.1.